The Labute approximate surface area is 129 Å². The average Bonchev–Trinajstić information content (AvgIpc) is 2.44. The van der Waals surface area contributed by atoms with Crippen molar-refractivity contribution in [3.8, 4) is 0 Å². The van der Waals surface area contributed by atoms with Crippen molar-refractivity contribution in [3.63, 3.8) is 0 Å². The number of fused-ring (bicyclic) bond motifs is 5. The maximum atomic E-state index is 11.4. The summed E-state index contributed by atoms with van der Waals surface area (Å²) in [5.41, 5.74) is 1.23. The second-order valence-corrected chi connectivity index (χ2v) is 6.61. The van der Waals surface area contributed by atoms with Crippen molar-refractivity contribution in [2.75, 3.05) is 18.0 Å². The van der Waals surface area contributed by atoms with Crippen molar-refractivity contribution >= 4 is 22.4 Å². The van der Waals surface area contributed by atoms with Crippen molar-refractivity contribution in [3.05, 3.63) is 36.2 Å². The van der Waals surface area contributed by atoms with Crippen LogP contribution in [0.15, 0.2) is 30.5 Å². The number of carboxylic acid groups (broad SMARTS) is 1. The van der Waals surface area contributed by atoms with E-state index in [1.807, 2.05) is 24.3 Å². The van der Waals surface area contributed by atoms with Gasteiger partial charge in [0.1, 0.15) is 0 Å². The lowest BCUT2D eigenvalue weighted by atomic mass is 9.70. The van der Waals surface area contributed by atoms with E-state index in [1.54, 1.807) is 6.20 Å². The minimum Gasteiger partial charge on any atom is -0.476 e. The number of rotatable bonds is 2. The SMILES string of the molecule is O=C(O)c1ncc(N2CCC3CC(CC2)C3)c2ccccc12. The molecule has 2 bridgehead atoms. The summed E-state index contributed by atoms with van der Waals surface area (Å²) in [7, 11) is 0. The molecule has 1 aliphatic carbocycles. The van der Waals surface area contributed by atoms with Crippen molar-refractivity contribution < 1.29 is 9.90 Å². The van der Waals surface area contributed by atoms with Gasteiger partial charge in [-0.1, -0.05) is 24.3 Å². The third kappa shape index (κ3) is 2.23. The standard InChI is InChI=1S/C18H20N2O2/c21-18(22)17-15-4-2-1-3-14(15)16(11-19-17)20-7-5-12-9-13(10-12)6-8-20/h1-4,11-13H,5-10H2,(H,21,22). The average molecular weight is 296 g/mol. The quantitative estimate of drug-likeness (QED) is 0.920. The molecule has 3 aliphatic rings. The van der Waals surface area contributed by atoms with Gasteiger partial charge in [-0.25, -0.2) is 9.78 Å². The smallest absolute Gasteiger partial charge is 0.355 e. The van der Waals surface area contributed by atoms with Crippen molar-refractivity contribution in [1.29, 1.82) is 0 Å². The molecule has 3 heterocycles. The number of pyridine rings is 1. The molecule has 5 rings (SSSR count). The van der Waals surface area contributed by atoms with Gasteiger partial charge in [-0.15, -0.1) is 0 Å². The van der Waals surface area contributed by atoms with E-state index in [-0.39, 0.29) is 5.69 Å². The summed E-state index contributed by atoms with van der Waals surface area (Å²) >= 11 is 0. The van der Waals surface area contributed by atoms with Gasteiger partial charge >= 0.3 is 5.97 Å². The molecule has 0 unspecified atom stereocenters. The van der Waals surface area contributed by atoms with Gasteiger partial charge in [0.2, 0.25) is 0 Å². The van der Waals surface area contributed by atoms with Crippen LogP contribution in [-0.2, 0) is 0 Å². The maximum Gasteiger partial charge on any atom is 0.355 e. The highest BCUT2D eigenvalue weighted by molar-refractivity contribution is 6.05. The largest absolute Gasteiger partial charge is 0.476 e. The Morgan fingerprint density at radius 1 is 1.09 bits per heavy atom. The highest BCUT2D eigenvalue weighted by Crippen LogP contribution is 2.41. The van der Waals surface area contributed by atoms with E-state index in [0.717, 1.165) is 41.4 Å². The Balaban J connectivity index is 1.75. The molecule has 0 spiro atoms. The number of anilines is 1. The van der Waals surface area contributed by atoms with Crippen LogP contribution in [-0.4, -0.2) is 29.1 Å². The van der Waals surface area contributed by atoms with Crippen LogP contribution < -0.4 is 4.90 Å². The normalized spacial score (nSPS) is 24.5. The van der Waals surface area contributed by atoms with Gasteiger partial charge in [0.25, 0.3) is 0 Å². The molecule has 4 heteroatoms. The van der Waals surface area contributed by atoms with Gasteiger partial charge in [-0.2, -0.15) is 0 Å². The Hall–Kier alpha value is -2.10. The zero-order valence-electron chi connectivity index (χ0n) is 12.5. The minimum absolute atomic E-state index is 0.147. The lowest BCUT2D eigenvalue weighted by molar-refractivity contribution is 0.0693. The summed E-state index contributed by atoms with van der Waals surface area (Å²) in [6.45, 7) is 2.10. The molecule has 2 saturated heterocycles. The van der Waals surface area contributed by atoms with Crippen LogP contribution in [0.5, 0.6) is 0 Å². The lowest BCUT2D eigenvalue weighted by Gasteiger charge is -2.41. The van der Waals surface area contributed by atoms with Gasteiger partial charge in [-0.05, 0) is 37.5 Å². The Bertz CT molecular complexity index is 710. The summed E-state index contributed by atoms with van der Waals surface area (Å²) in [6.07, 6.45) is 7.05. The van der Waals surface area contributed by atoms with E-state index in [4.69, 9.17) is 0 Å². The summed E-state index contributed by atoms with van der Waals surface area (Å²) < 4.78 is 0. The fourth-order valence-electron chi connectivity index (χ4n) is 3.97. The van der Waals surface area contributed by atoms with E-state index in [2.05, 4.69) is 9.88 Å². The summed E-state index contributed by atoms with van der Waals surface area (Å²) in [4.78, 5) is 18.0. The molecule has 1 aromatic heterocycles. The van der Waals surface area contributed by atoms with Crippen molar-refractivity contribution in [1.82, 2.24) is 4.98 Å². The molecule has 1 saturated carbocycles. The molecule has 1 aromatic carbocycles. The van der Waals surface area contributed by atoms with Gasteiger partial charge in [0.05, 0.1) is 11.9 Å². The zero-order valence-corrected chi connectivity index (χ0v) is 12.5. The second-order valence-electron chi connectivity index (χ2n) is 6.61. The van der Waals surface area contributed by atoms with Crippen LogP contribution in [0.3, 0.4) is 0 Å². The van der Waals surface area contributed by atoms with Crippen molar-refractivity contribution in [2.24, 2.45) is 11.8 Å². The Morgan fingerprint density at radius 2 is 1.73 bits per heavy atom. The molecule has 2 aromatic rings. The van der Waals surface area contributed by atoms with Gasteiger partial charge in [0, 0.05) is 23.9 Å². The molecule has 114 valence electrons. The number of aromatic carboxylic acids is 1. The number of aromatic nitrogens is 1. The highest BCUT2D eigenvalue weighted by atomic mass is 16.4. The van der Waals surface area contributed by atoms with E-state index < -0.39 is 5.97 Å². The summed E-state index contributed by atoms with van der Waals surface area (Å²) in [6, 6.07) is 7.72. The monoisotopic (exact) mass is 296 g/mol. The molecule has 3 fully saturated rings. The maximum absolute atomic E-state index is 11.4. The predicted octanol–water partition coefficient (Wildman–Crippen LogP) is 3.56. The molecule has 1 N–H and O–H groups in total. The van der Waals surface area contributed by atoms with Crippen LogP contribution in [0, 0.1) is 11.8 Å². The van der Waals surface area contributed by atoms with Crippen LogP contribution in [0.2, 0.25) is 0 Å². The van der Waals surface area contributed by atoms with Gasteiger partial charge < -0.3 is 10.0 Å². The summed E-state index contributed by atoms with van der Waals surface area (Å²) in [5.74, 6) is 0.826. The minimum atomic E-state index is -0.961. The van der Waals surface area contributed by atoms with E-state index >= 15 is 0 Å². The van der Waals surface area contributed by atoms with E-state index in [1.165, 1.54) is 25.7 Å². The highest BCUT2D eigenvalue weighted by Gasteiger charge is 2.32. The topological polar surface area (TPSA) is 53.4 Å². The molecular weight excluding hydrogens is 276 g/mol. The molecule has 4 nitrogen and oxygen atoms in total. The van der Waals surface area contributed by atoms with E-state index in [0.29, 0.717) is 0 Å². The van der Waals surface area contributed by atoms with Crippen LogP contribution in [0.25, 0.3) is 10.8 Å². The molecule has 2 aliphatic heterocycles. The number of hydrogen-bond acceptors (Lipinski definition) is 3. The first-order chi connectivity index (χ1) is 10.7. The zero-order chi connectivity index (χ0) is 15.1. The third-order valence-electron chi connectivity index (χ3n) is 5.27. The fourth-order valence-corrected chi connectivity index (χ4v) is 3.97. The molecular formula is C18H20N2O2. The Kier molecular flexibility index (Phi) is 3.25. The molecule has 0 radical (unpaired) electrons. The van der Waals surface area contributed by atoms with Gasteiger partial charge in [0.15, 0.2) is 5.69 Å². The summed E-state index contributed by atoms with van der Waals surface area (Å²) in [5, 5.41) is 11.1. The number of carboxylic acids is 1. The van der Waals surface area contributed by atoms with Crippen LogP contribution >= 0.6 is 0 Å². The molecule has 0 amide bonds. The fraction of sp³-hybridized carbons (Fsp3) is 0.444. The first-order valence-electron chi connectivity index (χ1n) is 8.08. The first-order valence-corrected chi connectivity index (χ1v) is 8.08. The second kappa shape index (κ2) is 5.27. The van der Waals surface area contributed by atoms with Gasteiger partial charge in [-0.3, -0.25) is 0 Å². The number of nitrogens with zero attached hydrogens (tertiary/aromatic N) is 2. The van der Waals surface area contributed by atoms with E-state index in [9.17, 15) is 9.90 Å². The third-order valence-corrected chi connectivity index (χ3v) is 5.27. The predicted molar refractivity (Wildman–Crippen MR) is 86.4 cm³/mol. The number of carbonyl (C=O) groups is 1. The van der Waals surface area contributed by atoms with Crippen molar-refractivity contribution in [2.45, 2.75) is 25.7 Å². The number of hydrogen-bond donors (Lipinski definition) is 1. The molecule has 22 heavy (non-hydrogen) atoms. The van der Waals surface area contributed by atoms with Crippen LogP contribution in [0.4, 0.5) is 5.69 Å². The first kappa shape index (κ1) is 13.6. The lowest BCUT2D eigenvalue weighted by Crippen LogP contribution is -2.37. The van der Waals surface area contributed by atoms with Crippen LogP contribution in [0.1, 0.15) is 36.2 Å². The Morgan fingerprint density at radius 3 is 2.36 bits per heavy atom. The molecule has 0 atom stereocenters. The number of benzene rings is 1.